The second-order valence-electron chi connectivity index (χ2n) is 6.68. The molecular formula is C23H22N3PS. The van der Waals surface area contributed by atoms with Crippen LogP contribution >= 0.6 is 6.04 Å². The molecule has 140 valence electrons. The summed E-state index contributed by atoms with van der Waals surface area (Å²) in [7, 11) is 1.97. The van der Waals surface area contributed by atoms with Crippen LogP contribution in [0.3, 0.4) is 0 Å². The third-order valence-electron chi connectivity index (χ3n) is 4.78. The summed E-state index contributed by atoms with van der Waals surface area (Å²) in [5.41, 5.74) is 1.99. The fraction of sp³-hybridized carbons (Fsp3) is 0.0870. The number of nitrogens with zero attached hydrogens (tertiary/aromatic N) is 2. The smallest absolute Gasteiger partial charge is 0.137 e. The molecule has 1 N–H and O–H groups in total. The van der Waals surface area contributed by atoms with E-state index >= 15 is 0 Å². The number of para-hydroxylation sites is 1. The molecule has 0 saturated carbocycles. The zero-order valence-electron chi connectivity index (χ0n) is 15.9. The van der Waals surface area contributed by atoms with Gasteiger partial charge < -0.3 is 5.32 Å². The van der Waals surface area contributed by atoms with Crippen LogP contribution in [-0.4, -0.2) is 9.78 Å². The topological polar surface area (TPSA) is 29.9 Å². The van der Waals surface area contributed by atoms with Gasteiger partial charge in [-0.2, -0.15) is 5.10 Å². The summed E-state index contributed by atoms with van der Waals surface area (Å²) >= 11 is 6.52. The maximum Gasteiger partial charge on any atom is 0.137 e. The number of rotatable bonds is 5. The Hall–Kier alpha value is -2.68. The first-order valence-electron chi connectivity index (χ1n) is 9.18. The van der Waals surface area contributed by atoms with Gasteiger partial charge in [0.2, 0.25) is 0 Å². The highest BCUT2D eigenvalue weighted by Gasteiger charge is 2.32. The second kappa shape index (κ2) is 7.75. The van der Waals surface area contributed by atoms with E-state index in [0.717, 1.165) is 22.5 Å². The van der Waals surface area contributed by atoms with Gasteiger partial charge in [0.05, 0.1) is 11.0 Å². The molecule has 0 amide bonds. The minimum absolute atomic E-state index is 0.958. The lowest BCUT2D eigenvalue weighted by Crippen LogP contribution is -2.27. The van der Waals surface area contributed by atoms with Crippen molar-refractivity contribution < 1.29 is 0 Å². The predicted molar refractivity (Wildman–Crippen MR) is 124 cm³/mol. The van der Waals surface area contributed by atoms with E-state index in [1.807, 2.05) is 42.1 Å². The number of anilines is 2. The van der Waals surface area contributed by atoms with Crippen molar-refractivity contribution in [3.8, 4) is 0 Å². The van der Waals surface area contributed by atoms with Crippen molar-refractivity contribution in [1.82, 2.24) is 9.78 Å². The van der Waals surface area contributed by atoms with E-state index in [4.69, 9.17) is 16.9 Å². The van der Waals surface area contributed by atoms with Crippen LogP contribution < -0.4 is 21.2 Å². The first-order chi connectivity index (χ1) is 13.6. The van der Waals surface area contributed by atoms with Crippen molar-refractivity contribution in [2.75, 3.05) is 5.32 Å². The van der Waals surface area contributed by atoms with Crippen molar-refractivity contribution >= 4 is 45.3 Å². The van der Waals surface area contributed by atoms with Crippen LogP contribution in [0.2, 0.25) is 0 Å². The van der Waals surface area contributed by atoms with E-state index in [1.165, 1.54) is 10.6 Å². The molecule has 0 fully saturated rings. The Bertz CT molecular complexity index is 1080. The lowest BCUT2D eigenvalue weighted by atomic mass is 10.3. The summed E-state index contributed by atoms with van der Waals surface area (Å²) in [4.78, 5) is 0. The Kier molecular flexibility index (Phi) is 5.17. The normalized spacial score (nSPS) is 11.4. The fourth-order valence-corrected chi connectivity index (χ4v) is 7.89. The van der Waals surface area contributed by atoms with Gasteiger partial charge in [0.25, 0.3) is 0 Å². The molecule has 28 heavy (non-hydrogen) atoms. The van der Waals surface area contributed by atoms with Crippen LogP contribution in [0.4, 0.5) is 11.5 Å². The molecule has 0 unspecified atom stereocenters. The Balaban J connectivity index is 1.97. The first-order valence-corrected chi connectivity index (χ1v) is 12.0. The monoisotopic (exact) mass is 403 g/mol. The van der Waals surface area contributed by atoms with Crippen molar-refractivity contribution in [2.24, 2.45) is 7.05 Å². The first kappa shape index (κ1) is 18.7. The Morgan fingerprint density at radius 3 is 1.75 bits per heavy atom. The molecule has 0 aliphatic rings. The Morgan fingerprint density at radius 2 is 1.25 bits per heavy atom. The van der Waals surface area contributed by atoms with Gasteiger partial charge in [0, 0.05) is 18.8 Å². The molecule has 0 aliphatic heterocycles. The SMILES string of the molecule is Cc1nn(C)c(Nc2ccccc2)c1P(=S)(c1ccccc1)c1ccccc1. The van der Waals surface area contributed by atoms with E-state index in [2.05, 4.69) is 72.9 Å². The molecule has 0 saturated heterocycles. The summed E-state index contributed by atoms with van der Waals surface area (Å²) in [5.74, 6) is 0.958. The number of hydrogen-bond donors (Lipinski definition) is 1. The average molecular weight is 403 g/mol. The number of benzene rings is 3. The molecule has 4 rings (SSSR count). The summed E-state index contributed by atoms with van der Waals surface area (Å²) < 4.78 is 1.91. The lowest BCUT2D eigenvalue weighted by Gasteiger charge is -2.25. The predicted octanol–water partition coefficient (Wildman–Crippen LogP) is 4.23. The summed E-state index contributed by atoms with van der Waals surface area (Å²) in [5, 5.41) is 11.8. The van der Waals surface area contributed by atoms with Gasteiger partial charge in [-0.25, -0.2) is 0 Å². The molecular weight excluding hydrogens is 381 g/mol. The van der Waals surface area contributed by atoms with E-state index in [1.54, 1.807) is 0 Å². The standard InChI is InChI=1S/C23H22N3PS/c1-18-22(23(26(2)25-18)24-19-12-6-3-7-13-19)27(28,20-14-8-4-9-15-20)21-16-10-5-11-17-21/h3-17,24H,1-2H3. The van der Waals surface area contributed by atoms with Gasteiger partial charge in [0.1, 0.15) is 5.82 Å². The average Bonchev–Trinajstić information content (AvgIpc) is 3.03. The third-order valence-corrected chi connectivity index (χ3v) is 9.81. The largest absolute Gasteiger partial charge is 0.340 e. The lowest BCUT2D eigenvalue weighted by molar-refractivity contribution is 0.765. The van der Waals surface area contributed by atoms with E-state index in [-0.39, 0.29) is 0 Å². The number of aromatic nitrogens is 2. The van der Waals surface area contributed by atoms with Crippen LogP contribution in [0.1, 0.15) is 5.69 Å². The highest BCUT2D eigenvalue weighted by Crippen LogP contribution is 2.46. The Labute approximate surface area is 171 Å². The summed E-state index contributed by atoms with van der Waals surface area (Å²) in [6.07, 6.45) is 0. The quantitative estimate of drug-likeness (QED) is 0.506. The van der Waals surface area contributed by atoms with Gasteiger partial charge in [-0.15, -0.1) is 0 Å². The zero-order valence-corrected chi connectivity index (χ0v) is 17.6. The van der Waals surface area contributed by atoms with E-state index in [9.17, 15) is 0 Å². The summed E-state index contributed by atoms with van der Waals surface area (Å²) in [6.45, 7) is 2.05. The van der Waals surface area contributed by atoms with E-state index in [0.29, 0.717) is 0 Å². The molecule has 1 heterocycles. The van der Waals surface area contributed by atoms with Gasteiger partial charge in [-0.1, -0.05) is 90.7 Å². The third kappa shape index (κ3) is 3.30. The minimum Gasteiger partial charge on any atom is -0.340 e. The molecule has 4 aromatic rings. The van der Waals surface area contributed by atoms with Gasteiger partial charge in [-0.05, 0) is 29.7 Å². The molecule has 3 nitrogen and oxygen atoms in total. The van der Waals surface area contributed by atoms with Gasteiger partial charge in [-0.3, -0.25) is 4.68 Å². The summed E-state index contributed by atoms with van der Waals surface area (Å²) in [6, 6.07) is 28.8. The highest BCUT2D eigenvalue weighted by atomic mass is 32.4. The van der Waals surface area contributed by atoms with Crippen molar-refractivity contribution in [1.29, 1.82) is 0 Å². The molecule has 0 radical (unpaired) electrons. The fourth-order valence-electron chi connectivity index (χ4n) is 3.51. The Morgan fingerprint density at radius 1 is 0.786 bits per heavy atom. The molecule has 1 aromatic heterocycles. The molecule has 0 spiro atoms. The zero-order chi connectivity index (χ0) is 19.6. The van der Waals surface area contributed by atoms with Crippen LogP contribution in [-0.2, 0) is 18.9 Å². The number of aryl methyl sites for hydroxylation is 2. The number of nitrogens with one attached hydrogen (secondary N) is 1. The molecule has 3 aromatic carbocycles. The number of hydrogen-bond acceptors (Lipinski definition) is 3. The maximum atomic E-state index is 6.52. The maximum absolute atomic E-state index is 6.52. The van der Waals surface area contributed by atoms with Gasteiger partial charge in [0.15, 0.2) is 0 Å². The van der Waals surface area contributed by atoms with Crippen LogP contribution in [0.5, 0.6) is 0 Å². The molecule has 0 aliphatic carbocycles. The van der Waals surface area contributed by atoms with Crippen LogP contribution in [0, 0.1) is 6.92 Å². The second-order valence-corrected chi connectivity index (χ2v) is 11.0. The van der Waals surface area contributed by atoms with Crippen LogP contribution in [0.25, 0.3) is 0 Å². The van der Waals surface area contributed by atoms with Gasteiger partial charge >= 0.3 is 0 Å². The van der Waals surface area contributed by atoms with Crippen molar-refractivity contribution in [3.05, 3.63) is 96.7 Å². The van der Waals surface area contributed by atoms with Crippen molar-refractivity contribution in [3.63, 3.8) is 0 Å². The highest BCUT2D eigenvalue weighted by molar-refractivity contribution is 8.25. The minimum atomic E-state index is -2.28. The molecule has 0 atom stereocenters. The van der Waals surface area contributed by atoms with Crippen molar-refractivity contribution in [2.45, 2.75) is 6.92 Å². The molecule has 0 bridgehead atoms. The molecule has 5 heteroatoms. The van der Waals surface area contributed by atoms with E-state index < -0.39 is 6.04 Å². The van der Waals surface area contributed by atoms with Crippen LogP contribution in [0.15, 0.2) is 91.0 Å².